The maximum Gasteiger partial charge on any atom is 0.255 e. The predicted molar refractivity (Wildman–Crippen MR) is 87.7 cm³/mol. The Kier molecular flexibility index (Phi) is 3.92. The summed E-state index contributed by atoms with van der Waals surface area (Å²) in [5, 5.41) is 0. The second kappa shape index (κ2) is 5.85. The van der Waals surface area contributed by atoms with Gasteiger partial charge in [-0.05, 0) is 49.7 Å². The van der Waals surface area contributed by atoms with E-state index in [1.807, 2.05) is 6.92 Å². The van der Waals surface area contributed by atoms with Crippen LogP contribution in [-0.2, 0) is 6.42 Å². The van der Waals surface area contributed by atoms with Crippen molar-refractivity contribution in [3.8, 4) is 0 Å². The Labute approximate surface area is 128 Å². The molecule has 110 valence electrons. The number of anilines is 1. The number of nitrogens with one attached hydrogen (secondary N) is 2. The zero-order valence-electron chi connectivity index (χ0n) is 12.1. The smallest absolute Gasteiger partial charge is 0.255 e. The van der Waals surface area contributed by atoms with Crippen molar-refractivity contribution in [1.82, 2.24) is 9.97 Å². The van der Waals surface area contributed by atoms with Gasteiger partial charge in [0.15, 0.2) is 4.77 Å². The summed E-state index contributed by atoms with van der Waals surface area (Å²) in [6.07, 6.45) is 3.17. The minimum Gasteiger partial charge on any atom is -0.372 e. The predicted octanol–water partition coefficient (Wildman–Crippen LogP) is 2.93. The fourth-order valence-electron chi connectivity index (χ4n) is 2.84. The van der Waals surface area contributed by atoms with Gasteiger partial charge in [0, 0.05) is 36.5 Å². The van der Waals surface area contributed by atoms with E-state index in [0.717, 1.165) is 29.9 Å². The Bertz CT molecular complexity index is 739. The lowest BCUT2D eigenvalue weighted by Crippen LogP contribution is -2.18. The SMILES string of the molecule is Cc1[nH]c(=S)[nH]c(=O)c1Cc1ccc(N2CCCC2)cc1. The lowest BCUT2D eigenvalue weighted by atomic mass is 10.0. The van der Waals surface area contributed by atoms with Gasteiger partial charge in [-0.2, -0.15) is 0 Å². The lowest BCUT2D eigenvalue weighted by molar-refractivity contribution is 0.949. The number of aromatic amines is 2. The molecule has 1 aromatic heterocycles. The number of hydrogen-bond donors (Lipinski definition) is 2. The molecule has 2 N–H and O–H groups in total. The fourth-order valence-corrected chi connectivity index (χ4v) is 3.09. The highest BCUT2D eigenvalue weighted by molar-refractivity contribution is 7.71. The van der Waals surface area contributed by atoms with E-state index in [-0.39, 0.29) is 5.56 Å². The second-order valence-electron chi connectivity index (χ2n) is 5.55. The molecule has 1 saturated heterocycles. The highest BCUT2D eigenvalue weighted by Gasteiger charge is 2.12. The van der Waals surface area contributed by atoms with E-state index in [1.165, 1.54) is 18.5 Å². The van der Waals surface area contributed by atoms with E-state index >= 15 is 0 Å². The Morgan fingerprint density at radius 3 is 2.43 bits per heavy atom. The molecule has 3 rings (SSSR count). The first-order chi connectivity index (χ1) is 10.1. The summed E-state index contributed by atoms with van der Waals surface area (Å²) < 4.78 is 0.380. The summed E-state index contributed by atoms with van der Waals surface area (Å²) in [5.74, 6) is 0. The number of benzene rings is 1. The number of nitrogens with zero attached hydrogens (tertiary/aromatic N) is 1. The highest BCUT2D eigenvalue weighted by atomic mass is 32.1. The van der Waals surface area contributed by atoms with Gasteiger partial charge in [0.1, 0.15) is 0 Å². The molecule has 0 unspecified atom stereocenters. The van der Waals surface area contributed by atoms with Gasteiger partial charge in [0.25, 0.3) is 5.56 Å². The molecule has 4 nitrogen and oxygen atoms in total. The van der Waals surface area contributed by atoms with E-state index in [2.05, 4.69) is 39.1 Å². The Morgan fingerprint density at radius 2 is 1.81 bits per heavy atom. The van der Waals surface area contributed by atoms with E-state index in [9.17, 15) is 4.79 Å². The van der Waals surface area contributed by atoms with Crippen LogP contribution in [0.4, 0.5) is 5.69 Å². The minimum atomic E-state index is -0.0973. The van der Waals surface area contributed by atoms with Crippen LogP contribution in [0.5, 0.6) is 0 Å². The Hall–Kier alpha value is -1.88. The summed E-state index contributed by atoms with van der Waals surface area (Å²) in [5.41, 5.74) is 3.90. The van der Waals surface area contributed by atoms with Crippen molar-refractivity contribution in [3.63, 3.8) is 0 Å². The standard InChI is InChI=1S/C16H19N3OS/c1-11-14(15(20)18-16(21)17-11)10-12-4-6-13(7-5-12)19-8-2-3-9-19/h4-7H,2-3,8-10H2,1H3,(H2,17,18,20,21). The van der Waals surface area contributed by atoms with Gasteiger partial charge in [-0.1, -0.05) is 12.1 Å². The van der Waals surface area contributed by atoms with E-state index in [4.69, 9.17) is 12.2 Å². The van der Waals surface area contributed by atoms with Crippen LogP contribution in [0, 0.1) is 11.7 Å². The third kappa shape index (κ3) is 3.08. The molecule has 0 spiro atoms. The van der Waals surface area contributed by atoms with Gasteiger partial charge < -0.3 is 9.88 Å². The maximum atomic E-state index is 12.0. The van der Waals surface area contributed by atoms with E-state index in [0.29, 0.717) is 11.2 Å². The summed E-state index contributed by atoms with van der Waals surface area (Å²) in [6.45, 7) is 4.18. The van der Waals surface area contributed by atoms with Crippen molar-refractivity contribution in [2.45, 2.75) is 26.2 Å². The molecule has 2 heterocycles. The lowest BCUT2D eigenvalue weighted by Gasteiger charge is -2.17. The third-order valence-electron chi connectivity index (χ3n) is 4.04. The average Bonchev–Trinajstić information content (AvgIpc) is 2.97. The summed E-state index contributed by atoms with van der Waals surface area (Å²) in [4.78, 5) is 20.1. The molecule has 1 fully saturated rings. The molecule has 1 aliphatic heterocycles. The maximum absolute atomic E-state index is 12.0. The average molecular weight is 301 g/mol. The molecular weight excluding hydrogens is 282 g/mol. The number of aromatic nitrogens is 2. The molecule has 1 aromatic carbocycles. The summed E-state index contributed by atoms with van der Waals surface area (Å²) in [6, 6.07) is 8.51. The first kappa shape index (κ1) is 14.1. The van der Waals surface area contributed by atoms with Crippen molar-refractivity contribution in [2.24, 2.45) is 0 Å². The van der Waals surface area contributed by atoms with Gasteiger partial charge in [-0.15, -0.1) is 0 Å². The van der Waals surface area contributed by atoms with Crippen LogP contribution < -0.4 is 10.5 Å². The molecule has 21 heavy (non-hydrogen) atoms. The van der Waals surface area contributed by atoms with Gasteiger partial charge in [0.2, 0.25) is 0 Å². The zero-order valence-corrected chi connectivity index (χ0v) is 12.9. The molecule has 0 aliphatic carbocycles. The van der Waals surface area contributed by atoms with Gasteiger partial charge in [0.05, 0.1) is 0 Å². The molecule has 0 radical (unpaired) electrons. The molecule has 0 atom stereocenters. The van der Waals surface area contributed by atoms with Crippen LogP contribution in [-0.4, -0.2) is 23.1 Å². The Morgan fingerprint density at radius 1 is 1.14 bits per heavy atom. The van der Waals surface area contributed by atoms with Gasteiger partial charge >= 0.3 is 0 Å². The summed E-state index contributed by atoms with van der Waals surface area (Å²) >= 11 is 4.97. The molecule has 2 aromatic rings. The minimum absolute atomic E-state index is 0.0973. The van der Waals surface area contributed by atoms with Gasteiger partial charge in [-0.25, -0.2) is 0 Å². The third-order valence-corrected chi connectivity index (χ3v) is 4.25. The second-order valence-corrected chi connectivity index (χ2v) is 5.96. The Balaban J connectivity index is 1.82. The quantitative estimate of drug-likeness (QED) is 0.857. The van der Waals surface area contributed by atoms with Crippen molar-refractivity contribution < 1.29 is 0 Å². The number of aryl methyl sites for hydroxylation is 1. The van der Waals surface area contributed by atoms with Crippen molar-refractivity contribution in [1.29, 1.82) is 0 Å². The normalized spacial score (nSPS) is 14.6. The van der Waals surface area contributed by atoms with E-state index < -0.39 is 0 Å². The van der Waals surface area contributed by atoms with Crippen molar-refractivity contribution in [2.75, 3.05) is 18.0 Å². The summed E-state index contributed by atoms with van der Waals surface area (Å²) in [7, 11) is 0. The first-order valence-corrected chi connectivity index (χ1v) is 7.70. The fraction of sp³-hybridized carbons (Fsp3) is 0.375. The van der Waals surface area contributed by atoms with Crippen molar-refractivity contribution >= 4 is 17.9 Å². The molecule has 0 amide bonds. The molecule has 0 bridgehead atoms. The zero-order chi connectivity index (χ0) is 14.8. The largest absolute Gasteiger partial charge is 0.372 e. The van der Waals surface area contributed by atoms with Crippen LogP contribution in [0.25, 0.3) is 0 Å². The molecular formula is C16H19N3OS. The van der Waals surface area contributed by atoms with Crippen molar-refractivity contribution in [3.05, 3.63) is 56.2 Å². The molecule has 0 saturated carbocycles. The first-order valence-electron chi connectivity index (χ1n) is 7.29. The van der Waals surface area contributed by atoms with Crippen LogP contribution in [0.1, 0.15) is 29.7 Å². The van der Waals surface area contributed by atoms with Gasteiger partial charge in [-0.3, -0.25) is 9.78 Å². The monoisotopic (exact) mass is 301 g/mol. The molecule has 5 heteroatoms. The van der Waals surface area contributed by atoms with Crippen LogP contribution in [0.2, 0.25) is 0 Å². The van der Waals surface area contributed by atoms with Crippen LogP contribution in [0.15, 0.2) is 29.1 Å². The number of rotatable bonds is 3. The number of hydrogen-bond acceptors (Lipinski definition) is 3. The highest BCUT2D eigenvalue weighted by Crippen LogP contribution is 2.21. The number of H-pyrrole nitrogens is 2. The molecule has 1 aliphatic rings. The van der Waals surface area contributed by atoms with Crippen LogP contribution >= 0.6 is 12.2 Å². The van der Waals surface area contributed by atoms with Crippen LogP contribution in [0.3, 0.4) is 0 Å². The van der Waals surface area contributed by atoms with E-state index in [1.54, 1.807) is 0 Å². The topological polar surface area (TPSA) is 51.9 Å².